The highest BCUT2D eigenvalue weighted by Gasteiger charge is 2.20. The summed E-state index contributed by atoms with van der Waals surface area (Å²) in [7, 11) is 0. The van der Waals surface area contributed by atoms with E-state index in [2.05, 4.69) is 5.32 Å². The number of carbonyl (C=O) groups is 2. The second-order valence-corrected chi connectivity index (χ2v) is 4.86. The molecule has 0 radical (unpaired) electrons. The Morgan fingerprint density at radius 2 is 1.55 bits per heavy atom. The Hall–Kier alpha value is -1.92. The summed E-state index contributed by atoms with van der Waals surface area (Å²) >= 11 is 0. The summed E-state index contributed by atoms with van der Waals surface area (Å²) < 4.78 is 0. The highest BCUT2D eigenvalue weighted by atomic mass is 16.4. The number of hydrogen-bond donors (Lipinski definition) is 2. The fourth-order valence-corrected chi connectivity index (χ4v) is 2.22. The molecule has 1 amide bonds. The van der Waals surface area contributed by atoms with Crippen LogP contribution < -0.4 is 5.32 Å². The standard InChI is InChI=1S/C14H19N3O3/c18-13(15-12-4-2-1-3-5-12)10-16-6-8-17(9-7-16)11-14(19)20/h1-5H,6-11H2,(H,15,18)(H,19,20). The van der Waals surface area contributed by atoms with Crippen molar-refractivity contribution in [1.82, 2.24) is 9.80 Å². The number of nitrogens with one attached hydrogen (secondary N) is 1. The topological polar surface area (TPSA) is 72.9 Å². The minimum absolute atomic E-state index is 0.0390. The van der Waals surface area contributed by atoms with Gasteiger partial charge >= 0.3 is 5.97 Å². The second-order valence-electron chi connectivity index (χ2n) is 4.86. The average molecular weight is 277 g/mol. The van der Waals surface area contributed by atoms with E-state index in [1.54, 1.807) is 0 Å². The highest BCUT2D eigenvalue weighted by Crippen LogP contribution is 2.06. The van der Waals surface area contributed by atoms with Crippen molar-refractivity contribution in [3.63, 3.8) is 0 Å². The number of amides is 1. The maximum Gasteiger partial charge on any atom is 0.317 e. The van der Waals surface area contributed by atoms with E-state index >= 15 is 0 Å². The minimum atomic E-state index is -0.805. The van der Waals surface area contributed by atoms with Gasteiger partial charge in [-0.25, -0.2) is 0 Å². The predicted octanol–water partition coefficient (Wildman–Crippen LogP) is 0.327. The summed E-state index contributed by atoms with van der Waals surface area (Å²) in [4.78, 5) is 26.4. The van der Waals surface area contributed by atoms with Crippen molar-refractivity contribution in [2.75, 3.05) is 44.6 Å². The van der Waals surface area contributed by atoms with Crippen LogP contribution in [0.1, 0.15) is 0 Å². The van der Waals surface area contributed by atoms with Crippen LogP contribution in [-0.4, -0.2) is 66.1 Å². The third-order valence-electron chi connectivity index (χ3n) is 3.25. The molecule has 2 N–H and O–H groups in total. The molecule has 6 heteroatoms. The first-order chi connectivity index (χ1) is 9.63. The van der Waals surface area contributed by atoms with Gasteiger partial charge in [0.1, 0.15) is 0 Å². The molecule has 1 aromatic carbocycles. The number of carboxylic acids is 1. The fraction of sp³-hybridized carbons (Fsp3) is 0.429. The van der Waals surface area contributed by atoms with Gasteiger partial charge in [-0.3, -0.25) is 19.4 Å². The lowest BCUT2D eigenvalue weighted by Crippen LogP contribution is -2.49. The molecule has 6 nitrogen and oxygen atoms in total. The van der Waals surface area contributed by atoms with Crippen LogP contribution >= 0.6 is 0 Å². The Bertz CT molecular complexity index is 456. The van der Waals surface area contributed by atoms with Gasteiger partial charge in [-0.2, -0.15) is 0 Å². The summed E-state index contributed by atoms with van der Waals surface area (Å²) in [6.07, 6.45) is 0. The normalized spacial score (nSPS) is 16.8. The highest BCUT2D eigenvalue weighted by molar-refractivity contribution is 5.92. The molecule has 0 spiro atoms. The van der Waals surface area contributed by atoms with Crippen LogP contribution in [0.25, 0.3) is 0 Å². The largest absolute Gasteiger partial charge is 0.480 e. The van der Waals surface area contributed by atoms with Gasteiger partial charge in [0, 0.05) is 31.9 Å². The van der Waals surface area contributed by atoms with Gasteiger partial charge in [-0.15, -0.1) is 0 Å². The zero-order valence-corrected chi connectivity index (χ0v) is 11.3. The molecule has 1 aliphatic rings. The maximum atomic E-state index is 11.9. The molecule has 0 saturated carbocycles. The van der Waals surface area contributed by atoms with E-state index in [9.17, 15) is 9.59 Å². The zero-order valence-electron chi connectivity index (χ0n) is 11.3. The molecule has 1 saturated heterocycles. The first kappa shape index (κ1) is 14.5. The molecule has 0 bridgehead atoms. The van der Waals surface area contributed by atoms with Crippen LogP contribution in [-0.2, 0) is 9.59 Å². The molecule has 0 aliphatic carbocycles. The minimum Gasteiger partial charge on any atom is -0.480 e. The first-order valence-electron chi connectivity index (χ1n) is 6.65. The quantitative estimate of drug-likeness (QED) is 0.811. The fourth-order valence-electron chi connectivity index (χ4n) is 2.22. The molecule has 2 rings (SSSR count). The summed E-state index contributed by atoms with van der Waals surface area (Å²) in [5.74, 6) is -0.844. The van der Waals surface area contributed by atoms with Crippen molar-refractivity contribution in [2.45, 2.75) is 0 Å². The van der Waals surface area contributed by atoms with Gasteiger partial charge in [0.15, 0.2) is 0 Å². The summed E-state index contributed by atoms with van der Waals surface area (Å²) in [5.41, 5.74) is 0.794. The lowest BCUT2D eigenvalue weighted by atomic mass is 10.3. The van der Waals surface area contributed by atoms with Crippen molar-refractivity contribution in [3.05, 3.63) is 30.3 Å². The summed E-state index contributed by atoms with van der Waals surface area (Å²) in [6, 6.07) is 9.35. The Morgan fingerprint density at radius 1 is 1.00 bits per heavy atom. The number of nitrogens with zero attached hydrogens (tertiary/aromatic N) is 2. The van der Waals surface area contributed by atoms with Gasteiger partial charge in [0.05, 0.1) is 13.1 Å². The van der Waals surface area contributed by atoms with E-state index in [4.69, 9.17) is 5.11 Å². The van der Waals surface area contributed by atoms with Crippen LogP contribution in [0.3, 0.4) is 0 Å². The number of carbonyl (C=O) groups excluding carboxylic acids is 1. The molecular weight excluding hydrogens is 258 g/mol. The number of hydrogen-bond acceptors (Lipinski definition) is 4. The Balaban J connectivity index is 1.72. The molecule has 0 unspecified atom stereocenters. The molecule has 0 aromatic heterocycles. The monoisotopic (exact) mass is 277 g/mol. The van der Waals surface area contributed by atoms with Crippen LogP contribution in [0.4, 0.5) is 5.69 Å². The number of anilines is 1. The van der Waals surface area contributed by atoms with Crippen molar-refractivity contribution in [1.29, 1.82) is 0 Å². The van der Waals surface area contributed by atoms with Crippen molar-refractivity contribution in [2.24, 2.45) is 0 Å². The Kier molecular flexibility index (Phi) is 5.09. The van der Waals surface area contributed by atoms with Gasteiger partial charge in [-0.05, 0) is 12.1 Å². The smallest absolute Gasteiger partial charge is 0.317 e. The molecule has 108 valence electrons. The molecule has 0 atom stereocenters. The number of rotatable bonds is 5. The van der Waals surface area contributed by atoms with E-state index in [0.29, 0.717) is 19.6 Å². The number of aliphatic carboxylic acids is 1. The third kappa shape index (κ3) is 4.64. The van der Waals surface area contributed by atoms with E-state index < -0.39 is 5.97 Å². The molecule has 1 heterocycles. The van der Waals surface area contributed by atoms with Gasteiger partial charge in [0.2, 0.25) is 5.91 Å². The molecular formula is C14H19N3O3. The van der Waals surface area contributed by atoms with E-state index in [-0.39, 0.29) is 12.5 Å². The van der Waals surface area contributed by atoms with Crippen LogP contribution in [0.5, 0.6) is 0 Å². The number of carboxylic acid groups (broad SMARTS) is 1. The first-order valence-corrected chi connectivity index (χ1v) is 6.65. The predicted molar refractivity (Wildman–Crippen MR) is 75.6 cm³/mol. The van der Waals surface area contributed by atoms with Crippen molar-refractivity contribution < 1.29 is 14.7 Å². The lowest BCUT2D eigenvalue weighted by molar-refractivity contribution is -0.139. The maximum absolute atomic E-state index is 11.9. The second kappa shape index (κ2) is 7.02. The number of piperazine rings is 1. The summed E-state index contributed by atoms with van der Waals surface area (Å²) in [5, 5.41) is 11.6. The Morgan fingerprint density at radius 3 is 2.10 bits per heavy atom. The van der Waals surface area contributed by atoms with Gasteiger partial charge < -0.3 is 10.4 Å². The van der Waals surface area contributed by atoms with Crippen LogP contribution in [0.2, 0.25) is 0 Å². The van der Waals surface area contributed by atoms with E-state index in [0.717, 1.165) is 18.8 Å². The molecule has 1 aromatic rings. The van der Waals surface area contributed by atoms with E-state index in [1.165, 1.54) is 0 Å². The van der Waals surface area contributed by atoms with E-state index in [1.807, 2.05) is 40.1 Å². The average Bonchev–Trinajstić information content (AvgIpc) is 2.41. The van der Waals surface area contributed by atoms with Gasteiger partial charge in [-0.1, -0.05) is 18.2 Å². The van der Waals surface area contributed by atoms with Gasteiger partial charge in [0.25, 0.3) is 0 Å². The summed E-state index contributed by atoms with van der Waals surface area (Å²) in [6.45, 7) is 3.22. The lowest BCUT2D eigenvalue weighted by Gasteiger charge is -2.33. The van der Waals surface area contributed by atoms with Crippen LogP contribution in [0, 0.1) is 0 Å². The third-order valence-corrected chi connectivity index (χ3v) is 3.25. The van der Waals surface area contributed by atoms with Crippen molar-refractivity contribution in [3.8, 4) is 0 Å². The Labute approximate surface area is 118 Å². The molecule has 1 fully saturated rings. The SMILES string of the molecule is O=C(O)CN1CCN(CC(=O)Nc2ccccc2)CC1. The van der Waals surface area contributed by atoms with Crippen molar-refractivity contribution >= 4 is 17.6 Å². The zero-order chi connectivity index (χ0) is 14.4. The number of para-hydroxylation sites is 1. The van der Waals surface area contributed by atoms with Crippen LogP contribution in [0.15, 0.2) is 30.3 Å². The molecule has 20 heavy (non-hydrogen) atoms. The number of benzene rings is 1. The molecule has 1 aliphatic heterocycles.